The number of benzene rings is 2. The number of quaternary nitrogens is 1. The molecule has 8 heteroatoms. The summed E-state index contributed by atoms with van der Waals surface area (Å²) in [6.45, 7) is 4.27. The van der Waals surface area contributed by atoms with Gasteiger partial charge in [-0.05, 0) is 74.0 Å². The Morgan fingerprint density at radius 3 is 2.53 bits per heavy atom. The van der Waals surface area contributed by atoms with Gasteiger partial charge in [-0.2, -0.15) is 0 Å². The number of amides is 2. The number of nitrogens with zero attached hydrogens (tertiary/aromatic N) is 1. The average molecular weight is 516 g/mol. The van der Waals surface area contributed by atoms with E-state index >= 15 is 0 Å². The molecule has 1 atom stereocenters. The van der Waals surface area contributed by atoms with E-state index in [1.807, 2.05) is 24.3 Å². The molecule has 36 heavy (non-hydrogen) atoms. The van der Waals surface area contributed by atoms with Crippen LogP contribution in [0.3, 0.4) is 0 Å². The first-order valence-electron chi connectivity index (χ1n) is 13.0. The maximum atomic E-state index is 11.8. The molecule has 0 radical (unpaired) electrons. The Balaban J connectivity index is 1.65. The highest BCUT2D eigenvalue weighted by Gasteiger charge is 2.37. The van der Waals surface area contributed by atoms with E-state index in [4.69, 9.17) is 17.3 Å². The predicted octanol–water partition coefficient (Wildman–Crippen LogP) is 4.01. The summed E-state index contributed by atoms with van der Waals surface area (Å²) in [7, 11) is 0. The van der Waals surface area contributed by atoms with Gasteiger partial charge in [0.25, 0.3) is 0 Å². The zero-order chi connectivity index (χ0) is 25.8. The molecule has 0 saturated heterocycles. The molecule has 196 valence electrons. The maximum Gasteiger partial charge on any atom is 0.223 e. The molecule has 0 heterocycles. The standard InChI is InChI=1S/C28H39ClN4O3/c29-24-6-4-5-22(19-24)12-16-33(17-13-28(30)36,25-7-2-1-3-8-25)18-15-31-14-11-23-9-10-27(35)26(20-23)32-21-34/h4-6,9-10,19-21,25,31H,1-3,7-8,11-18H2,(H3-,30,32,34,35,36)/p+1. The lowest BCUT2D eigenvalue weighted by Gasteiger charge is -2.47. The minimum absolute atomic E-state index is 0.0579. The fraction of sp³-hybridized carbons (Fsp3) is 0.500. The van der Waals surface area contributed by atoms with Crippen molar-refractivity contribution in [3.8, 4) is 5.75 Å². The highest BCUT2D eigenvalue weighted by atomic mass is 35.5. The van der Waals surface area contributed by atoms with E-state index in [9.17, 15) is 14.7 Å². The van der Waals surface area contributed by atoms with Crippen molar-refractivity contribution in [2.45, 2.75) is 57.4 Å². The van der Waals surface area contributed by atoms with Crippen molar-refractivity contribution < 1.29 is 19.2 Å². The lowest BCUT2D eigenvalue weighted by Crippen LogP contribution is -2.60. The molecule has 1 aliphatic rings. The second-order valence-corrected chi connectivity index (χ2v) is 10.3. The van der Waals surface area contributed by atoms with Crippen molar-refractivity contribution in [2.24, 2.45) is 5.73 Å². The minimum atomic E-state index is -0.240. The van der Waals surface area contributed by atoms with Gasteiger partial charge in [0, 0.05) is 18.0 Å². The predicted molar refractivity (Wildman–Crippen MR) is 145 cm³/mol. The molecule has 2 amide bonds. The lowest BCUT2D eigenvalue weighted by atomic mass is 9.91. The van der Waals surface area contributed by atoms with Crippen LogP contribution in [0.1, 0.15) is 49.7 Å². The summed E-state index contributed by atoms with van der Waals surface area (Å²) in [5.41, 5.74) is 8.29. The number of aromatic hydroxyl groups is 1. The topological polar surface area (TPSA) is 104 Å². The van der Waals surface area contributed by atoms with Gasteiger partial charge >= 0.3 is 0 Å². The van der Waals surface area contributed by atoms with Crippen LogP contribution in [0.5, 0.6) is 5.75 Å². The van der Waals surface area contributed by atoms with E-state index < -0.39 is 0 Å². The maximum absolute atomic E-state index is 11.8. The monoisotopic (exact) mass is 515 g/mol. The van der Waals surface area contributed by atoms with Gasteiger partial charge in [-0.1, -0.05) is 36.2 Å². The molecule has 0 aliphatic heterocycles. The molecular weight excluding hydrogens is 476 g/mol. The summed E-state index contributed by atoms with van der Waals surface area (Å²) >= 11 is 6.24. The molecule has 0 spiro atoms. The van der Waals surface area contributed by atoms with Crippen LogP contribution in [0, 0.1) is 0 Å². The Morgan fingerprint density at radius 2 is 1.81 bits per heavy atom. The van der Waals surface area contributed by atoms with E-state index in [0.717, 1.165) is 60.6 Å². The molecule has 0 bridgehead atoms. The second kappa shape index (κ2) is 14.2. The minimum Gasteiger partial charge on any atom is -0.506 e. The third kappa shape index (κ3) is 8.50. The van der Waals surface area contributed by atoms with Crippen LogP contribution in [0.4, 0.5) is 5.69 Å². The van der Waals surface area contributed by atoms with E-state index in [1.54, 1.807) is 12.1 Å². The summed E-state index contributed by atoms with van der Waals surface area (Å²) in [6.07, 6.45) is 8.79. The summed E-state index contributed by atoms with van der Waals surface area (Å²) < 4.78 is 0.898. The molecule has 5 N–H and O–H groups in total. The number of phenolic OH excluding ortho intramolecular Hbond substituents is 1. The van der Waals surface area contributed by atoms with Crippen molar-refractivity contribution >= 4 is 29.6 Å². The van der Waals surface area contributed by atoms with Gasteiger partial charge in [0.15, 0.2) is 0 Å². The molecule has 0 aromatic heterocycles. The van der Waals surface area contributed by atoms with Gasteiger partial charge in [0.05, 0.1) is 37.8 Å². The Kier molecular flexibility index (Phi) is 11.0. The number of carbonyl (C=O) groups excluding carboxylic acids is 2. The smallest absolute Gasteiger partial charge is 0.223 e. The summed E-state index contributed by atoms with van der Waals surface area (Å²) in [6, 6.07) is 13.9. The van der Waals surface area contributed by atoms with Gasteiger partial charge in [0.2, 0.25) is 12.3 Å². The summed E-state index contributed by atoms with van der Waals surface area (Å²) in [5.74, 6) is -0.182. The largest absolute Gasteiger partial charge is 0.506 e. The van der Waals surface area contributed by atoms with E-state index in [-0.39, 0.29) is 11.7 Å². The Bertz CT molecular complexity index is 997. The van der Waals surface area contributed by atoms with Crippen molar-refractivity contribution in [2.75, 3.05) is 38.0 Å². The van der Waals surface area contributed by atoms with Gasteiger partial charge in [-0.25, -0.2) is 0 Å². The van der Waals surface area contributed by atoms with Crippen LogP contribution in [0.15, 0.2) is 42.5 Å². The first-order chi connectivity index (χ1) is 17.4. The van der Waals surface area contributed by atoms with Crippen LogP contribution in [-0.2, 0) is 22.4 Å². The Labute approximate surface area is 219 Å². The van der Waals surface area contributed by atoms with Crippen LogP contribution >= 0.6 is 11.6 Å². The van der Waals surface area contributed by atoms with Crippen LogP contribution in [0.2, 0.25) is 5.02 Å². The molecule has 2 aromatic rings. The van der Waals surface area contributed by atoms with Crippen LogP contribution in [0.25, 0.3) is 0 Å². The quantitative estimate of drug-likeness (QED) is 0.124. The SMILES string of the molecule is NC(=O)CC[N+](CCNCCc1ccc(O)c(NC=O)c1)(CCc1cccc(Cl)c1)C1CCCCC1. The van der Waals surface area contributed by atoms with Crippen LogP contribution in [-0.4, -0.2) is 60.7 Å². The molecule has 1 aliphatic carbocycles. The fourth-order valence-electron chi connectivity index (χ4n) is 5.47. The van der Waals surface area contributed by atoms with Crippen molar-refractivity contribution in [1.29, 1.82) is 0 Å². The van der Waals surface area contributed by atoms with Gasteiger partial charge in [-0.3, -0.25) is 9.59 Å². The zero-order valence-corrected chi connectivity index (χ0v) is 21.8. The highest BCUT2D eigenvalue weighted by molar-refractivity contribution is 6.30. The molecule has 7 nitrogen and oxygen atoms in total. The summed E-state index contributed by atoms with van der Waals surface area (Å²) in [5, 5.41) is 16.7. The normalized spacial score (nSPS) is 15.8. The highest BCUT2D eigenvalue weighted by Crippen LogP contribution is 2.30. The third-order valence-electron chi connectivity index (χ3n) is 7.49. The molecule has 1 saturated carbocycles. The van der Waals surface area contributed by atoms with Crippen molar-refractivity contribution in [3.63, 3.8) is 0 Å². The number of primary amides is 1. The first-order valence-corrected chi connectivity index (χ1v) is 13.4. The molecule has 2 aromatic carbocycles. The molecule has 3 rings (SSSR count). The van der Waals surface area contributed by atoms with Gasteiger partial charge in [0.1, 0.15) is 5.75 Å². The third-order valence-corrected chi connectivity index (χ3v) is 7.72. The number of carbonyl (C=O) groups is 2. The Morgan fingerprint density at radius 1 is 1.03 bits per heavy atom. The number of nitrogens with two attached hydrogens (primary N) is 1. The fourth-order valence-corrected chi connectivity index (χ4v) is 5.68. The van der Waals surface area contributed by atoms with E-state index in [2.05, 4.69) is 16.7 Å². The van der Waals surface area contributed by atoms with Crippen molar-refractivity contribution in [1.82, 2.24) is 5.32 Å². The molecule has 1 unspecified atom stereocenters. The number of anilines is 1. The number of phenols is 1. The molecular formula is C28H40ClN4O3+. The molecule has 1 fully saturated rings. The summed E-state index contributed by atoms with van der Waals surface area (Å²) in [4.78, 5) is 22.6. The number of hydrogen-bond acceptors (Lipinski definition) is 4. The van der Waals surface area contributed by atoms with Gasteiger partial charge < -0.3 is 26.0 Å². The number of rotatable bonds is 15. The van der Waals surface area contributed by atoms with Gasteiger partial charge in [-0.15, -0.1) is 0 Å². The van der Waals surface area contributed by atoms with E-state index in [0.29, 0.717) is 24.6 Å². The lowest BCUT2D eigenvalue weighted by molar-refractivity contribution is -0.950. The second-order valence-electron chi connectivity index (χ2n) is 9.89. The van der Waals surface area contributed by atoms with E-state index in [1.165, 1.54) is 37.7 Å². The number of halogens is 1. The first kappa shape index (κ1) is 28.0. The zero-order valence-electron chi connectivity index (χ0n) is 21.1. The Hall–Kier alpha value is -2.61. The number of hydrogen-bond donors (Lipinski definition) is 4. The average Bonchev–Trinajstić information content (AvgIpc) is 2.87. The van der Waals surface area contributed by atoms with Crippen molar-refractivity contribution in [3.05, 3.63) is 58.6 Å². The number of nitrogens with one attached hydrogen (secondary N) is 2. The van der Waals surface area contributed by atoms with Crippen LogP contribution < -0.4 is 16.4 Å².